The molecule has 3 heterocycles. The fourth-order valence-electron chi connectivity index (χ4n) is 4.36. The fourth-order valence-corrected chi connectivity index (χ4v) is 4.55. The number of halogens is 1. The van der Waals surface area contributed by atoms with Crippen molar-refractivity contribution in [3.63, 3.8) is 0 Å². The van der Waals surface area contributed by atoms with Crippen LogP contribution in [0.3, 0.4) is 0 Å². The first-order valence-corrected chi connectivity index (χ1v) is 11.7. The summed E-state index contributed by atoms with van der Waals surface area (Å²) in [7, 11) is 0. The molecule has 1 unspecified atom stereocenters. The third-order valence-electron chi connectivity index (χ3n) is 6.09. The zero-order chi connectivity index (χ0) is 23.5. The maximum Gasteiger partial charge on any atom is 0.295 e. The summed E-state index contributed by atoms with van der Waals surface area (Å²) in [6.45, 7) is 1.47. The Morgan fingerprint density at radius 1 is 1.06 bits per heavy atom. The van der Waals surface area contributed by atoms with Gasteiger partial charge in [-0.1, -0.05) is 54.1 Å². The Labute approximate surface area is 202 Å². The molecule has 8 heteroatoms. The van der Waals surface area contributed by atoms with Crippen LogP contribution in [0, 0.1) is 5.92 Å². The van der Waals surface area contributed by atoms with Crippen LogP contribution in [-0.2, 0) is 11.3 Å². The first-order valence-electron chi connectivity index (χ1n) is 11.3. The smallest absolute Gasteiger partial charge is 0.295 e. The first-order chi connectivity index (χ1) is 16.6. The van der Waals surface area contributed by atoms with Gasteiger partial charge in [-0.3, -0.25) is 14.2 Å². The van der Waals surface area contributed by atoms with Gasteiger partial charge in [0.25, 0.3) is 5.56 Å². The summed E-state index contributed by atoms with van der Waals surface area (Å²) in [5, 5.41) is 3.43. The zero-order valence-electron chi connectivity index (χ0n) is 18.5. The molecule has 5 rings (SSSR count). The van der Waals surface area contributed by atoms with Gasteiger partial charge in [0.1, 0.15) is 5.52 Å². The number of fused-ring (bicyclic) bond motifs is 1. The topological polar surface area (TPSA) is 80.1 Å². The highest BCUT2D eigenvalue weighted by Gasteiger charge is 2.29. The van der Waals surface area contributed by atoms with Crippen molar-refractivity contribution < 1.29 is 4.79 Å². The standard InChI is InChI=1S/C26H24ClN5O2/c27-20-11-4-5-12-21(20)30-25(33)19-10-7-15-31(17-19)24-26(34)32(16-18-8-2-1-3-9-18)23-22(29-24)13-6-14-28-23/h1-6,8-9,11-14,19H,7,10,15-17H2,(H,30,33). The lowest BCUT2D eigenvalue weighted by Crippen LogP contribution is -2.44. The quantitative estimate of drug-likeness (QED) is 0.466. The molecule has 7 nitrogen and oxygen atoms in total. The SMILES string of the molecule is O=C(Nc1ccccc1Cl)C1CCCN(c2nc3cccnc3n(Cc3ccccc3)c2=O)C1. The van der Waals surface area contributed by atoms with Crippen LogP contribution in [0.1, 0.15) is 18.4 Å². The highest BCUT2D eigenvalue weighted by atomic mass is 35.5. The van der Waals surface area contributed by atoms with E-state index in [0.29, 0.717) is 47.3 Å². The number of piperidine rings is 1. The summed E-state index contributed by atoms with van der Waals surface area (Å²) in [6.07, 6.45) is 3.19. The highest BCUT2D eigenvalue weighted by Crippen LogP contribution is 2.25. The molecule has 1 saturated heterocycles. The predicted octanol–water partition coefficient (Wildman–Crippen LogP) is 4.35. The van der Waals surface area contributed by atoms with Gasteiger partial charge in [0.15, 0.2) is 11.5 Å². The number of nitrogens with zero attached hydrogens (tertiary/aromatic N) is 4. The van der Waals surface area contributed by atoms with Crippen molar-refractivity contribution in [1.29, 1.82) is 0 Å². The van der Waals surface area contributed by atoms with Crippen LogP contribution in [0.15, 0.2) is 77.7 Å². The van der Waals surface area contributed by atoms with Gasteiger partial charge in [0.2, 0.25) is 5.91 Å². The van der Waals surface area contributed by atoms with Crippen LogP contribution in [0.5, 0.6) is 0 Å². The van der Waals surface area contributed by atoms with E-state index in [-0.39, 0.29) is 17.4 Å². The molecule has 0 aliphatic carbocycles. The number of benzene rings is 2. The molecule has 0 radical (unpaired) electrons. The number of anilines is 2. The van der Waals surface area contributed by atoms with Crippen LogP contribution in [0.2, 0.25) is 5.02 Å². The maximum atomic E-state index is 13.6. The number of pyridine rings is 1. The summed E-state index contributed by atoms with van der Waals surface area (Å²) in [6, 6.07) is 20.7. The minimum atomic E-state index is -0.279. The molecule has 0 saturated carbocycles. The van der Waals surface area contributed by atoms with E-state index >= 15 is 0 Å². The highest BCUT2D eigenvalue weighted by molar-refractivity contribution is 6.33. The second kappa shape index (κ2) is 9.65. The monoisotopic (exact) mass is 473 g/mol. The van der Waals surface area contributed by atoms with Crippen LogP contribution in [-0.4, -0.2) is 33.5 Å². The molecule has 34 heavy (non-hydrogen) atoms. The van der Waals surface area contributed by atoms with E-state index in [9.17, 15) is 9.59 Å². The second-order valence-electron chi connectivity index (χ2n) is 8.41. The van der Waals surface area contributed by atoms with Crippen LogP contribution >= 0.6 is 11.6 Å². The van der Waals surface area contributed by atoms with Gasteiger partial charge in [-0.2, -0.15) is 0 Å². The van der Waals surface area contributed by atoms with Crippen molar-refractivity contribution in [3.8, 4) is 0 Å². The number of hydrogen-bond acceptors (Lipinski definition) is 5. The van der Waals surface area contributed by atoms with Gasteiger partial charge >= 0.3 is 0 Å². The third kappa shape index (κ3) is 4.52. The molecule has 1 N–H and O–H groups in total. The molecule has 1 aliphatic heterocycles. The van der Waals surface area contributed by atoms with Gasteiger partial charge in [-0.05, 0) is 42.7 Å². The summed E-state index contributed by atoms with van der Waals surface area (Å²) in [4.78, 5) is 37.6. The van der Waals surface area contributed by atoms with Gasteiger partial charge in [0.05, 0.1) is 23.2 Å². The number of aromatic nitrogens is 3. The van der Waals surface area contributed by atoms with E-state index in [2.05, 4.69) is 15.3 Å². The summed E-state index contributed by atoms with van der Waals surface area (Å²) >= 11 is 6.21. The van der Waals surface area contributed by atoms with Gasteiger partial charge in [-0.15, -0.1) is 0 Å². The number of nitrogens with one attached hydrogen (secondary N) is 1. The van der Waals surface area contributed by atoms with Crippen molar-refractivity contribution in [2.75, 3.05) is 23.3 Å². The van der Waals surface area contributed by atoms with E-state index < -0.39 is 0 Å². The minimum Gasteiger partial charge on any atom is -0.351 e. The Morgan fingerprint density at radius 2 is 1.85 bits per heavy atom. The molecule has 0 spiro atoms. The largest absolute Gasteiger partial charge is 0.351 e. The molecule has 1 atom stereocenters. The predicted molar refractivity (Wildman–Crippen MR) is 134 cm³/mol. The molecule has 4 aromatic rings. The Balaban J connectivity index is 1.45. The average Bonchev–Trinajstić information content (AvgIpc) is 2.87. The minimum absolute atomic E-state index is 0.107. The van der Waals surface area contributed by atoms with Crippen LogP contribution in [0.25, 0.3) is 11.2 Å². The normalized spacial score (nSPS) is 15.9. The molecular weight excluding hydrogens is 450 g/mol. The lowest BCUT2D eigenvalue weighted by Gasteiger charge is -2.32. The Kier molecular flexibility index (Phi) is 6.27. The Hall–Kier alpha value is -3.71. The molecule has 2 aromatic carbocycles. The molecule has 1 amide bonds. The lowest BCUT2D eigenvalue weighted by molar-refractivity contribution is -0.120. The average molecular weight is 474 g/mol. The van der Waals surface area contributed by atoms with E-state index in [4.69, 9.17) is 11.6 Å². The van der Waals surface area contributed by atoms with Crippen LogP contribution < -0.4 is 15.8 Å². The zero-order valence-corrected chi connectivity index (χ0v) is 19.3. The summed E-state index contributed by atoms with van der Waals surface area (Å²) < 4.78 is 1.67. The van der Waals surface area contributed by atoms with E-state index in [1.54, 1.807) is 22.9 Å². The van der Waals surface area contributed by atoms with E-state index in [1.165, 1.54) is 0 Å². The van der Waals surface area contributed by atoms with Crippen molar-refractivity contribution in [2.45, 2.75) is 19.4 Å². The first kappa shape index (κ1) is 22.1. The molecule has 1 aliphatic rings. The molecular formula is C26H24ClN5O2. The number of carbonyl (C=O) groups is 1. The van der Waals surface area contributed by atoms with Gasteiger partial charge in [-0.25, -0.2) is 9.97 Å². The summed E-state index contributed by atoms with van der Waals surface area (Å²) in [5.74, 6) is -0.0325. The second-order valence-corrected chi connectivity index (χ2v) is 8.82. The lowest BCUT2D eigenvalue weighted by atomic mass is 9.97. The van der Waals surface area contributed by atoms with Crippen molar-refractivity contribution in [3.05, 3.63) is 93.9 Å². The van der Waals surface area contributed by atoms with Crippen molar-refractivity contribution >= 4 is 40.2 Å². The van der Waals surface area contributed by atoms with E-state index in [1.807, 2.05) is 59.5 Å². The third-order valence-corrected chi connectivity index (χ3v) is 6.42. The Morgan fingerprint density at radius 3 is 2.68 bits per heavy atom. The van der Waals surface area contributed by atoms with Gasteiger partial charge in [0, 0.05) is 19.3 Å². The number of para-hydroxylation sites is 1. The number of carbonyl (C=O) groups excluding carboxylic acids is 1. The molecule has 2 aromatic heterocycles. The molecule has 0 bridgehead atoms. The molecule has 172 valence electrons. The Bertz CT molecular complexity index is 1390. The number of rotatable bonds is 5. The number of hydrogen-bond donors (Lipinski definition) is 1. The van der Waals surface area contributed by atoms with Crippen molar-refractivity contribution in [1.82, 2.24) is 14.5 Å². The molecule has 1 fully saturated rings. The maximum absolute atomic E-state index is 13.6. The van der Waals surface area contributed by atoms with Crippen molar-refractivity contribution in [2.24, 2.45) is 5.92 Å². The van der Waals surface area contributed by atoms with Crippen LogP contribution in [0.4, 0.5) is 11.5 Å². The number of amides is 1. The van der Waals surface area contributed by atoms with E-state index in [0.717, 1.165) is 18.4 Å². The summed E-state index contributed by atoms with van der Waals surface area (Å²) in [5.41, 5.74) is 2.58. The van der Waals surface area contributed by atoms with Gasteiger partial charge < -0.3 is 10.2 Å². The fraction of sp³-hybridized carbons (Fsp3) is 0.231.